The maximum atomic E-state index is 12.5. The molecule has 1 heterocycles. The van der Waals surface area contributed by atoms with E-state index in [9.17, 15) is 18.0 Å². The first-order valence-corrected chi connectivity index (χ1v) is 11.9. The predicted molar refractivity (Wildman–Crippen MR) is 122 cm³/mol. The van der Waals surface area contributed by atoms with E-state index in [2.05, 4.69) is 10.6 Å². The van der Waals surface area contributed by atoms with Crippen molar-refractivity contribution in [2.45, 2.75) is 30.6 Å². The van der Waals surface area contributed by atoms with Gasteiger partial charge in [0.15, 0.2) is 0 Å². The summed E-state index contributed by atoms with van der Waals surface area (Å²) in [5, 5.41) is 5.64. The van der Waals surface area contributed by atoms with Crippen molar-refractivity contribution in [1.29, 1.82) is 0 Å². The molecule has 0 bridgehead atoms. The van der Waals surface area contributed by atoms with Gasteiger partial charge >= 0.3 is 6.03 Å². The predicted octanol–water partition coefficient (Wildman–Crippen LogP) is 3.53. The number of carbonyl (C=O) groups excluding carboxylic acids is 2. The SMILES string of the molecule is CON(C)S(=O)(=O)c1ccc(C(=O)Nc2ccc(NC(=O)N3CCCCCC3)cc2)cc1. The van der Waals surface area contributed by atoms with Crippen LogP contribution in [-0.2, 0) is 14.9 Å². The second kappa shape index (κ2) is 10.6. The molecule has 172 valence electrons. The lowest BCUT2D eigenvalue weighted by Crippen LogP contribution is -2.35. The van der Waals surface area contributed by atoms with Gasteiger partial charge in [0.25, 0.3) is 15.9 Å². The minimum absolute atomic E-state index is 0.0166. The molecule has 0 unspecified atom stereocenters. The number of carbonyl (C=O) groups is 2. The van der Waals surface area contributed by atoms with Crippen molar-refractivity contribution in [2.24, 2.45) is 0 Å². The Balaban J connectivity index is 1.59. The molecule has 0 radical (unpaired) electrons. The Kier molecular flexibility index (Phi) is 7.84. The van der Waals surface area contributed by atoms with Crippen molar-refractivity contribution in [2.75, 3.05) is 37.9 Å². The maximum Gasteiger partial charge on any atom is 0.321 e. The fourth-order valence-corrected chi connectivity index (χ4v) is 4.31. The van der Waals surface area contributed by atoms with Crippen LogP contribution in [0.4, 0.5) is 16.2 Å². The average molecular weight is 461 g/mol. The number of likely N-dealkylation sites (tertiary alicyclic amines) is 1. The number of sulfonamides is 1. The van der Waals surface area contributed by atoms with Crippen LogP contribution in [0.25, 0.3) is 0 Å². The summed E-state index contributed by atoms with van der Waals surface area (Å²) >= 11 is 0. The summed E-state index contributed by atoms with van der Waals surface area (Å²) in [7, 11) is -1.23. The van der Waals surface area contributed by atoms with Gasteiger partial charge in [0.05, 0.1) is 12.0 Å². The van der Waals surface area contributed by atoms with E-state index in [0.717, 1.165) is 43.2 Å². The van der Waals surface area contributed by atoms with Crippen LogP contribution in [0.3, 0.4) is 0 Å². The fourth-order valence-electron chi connectivity index (χ4n) is 3.34. The van der Waals surface area contributed by atoms with Gasteiger partial charge in [0.2, 0.25) is 0 Å². The summed E-state index contributed by atoms with van der Waals surface area (Å²) in [6.07, 6.45) is 4.35. The van der Waals surface area contributed by atoms with Gasteiger partial charge < -0.3 is 15.5 Å². The number of nitrogens with one attached hydrogen (secondary N) is 2. The lowest BCUT2D eigenvalue weighted by molar-refractivity contribution is -0.0258. The first kappa shape index (κ1) is 23.7. The molecule has 1 aliphatic heterocycles. The van der Waals surface area contributed by atoms with Gasteiger partial charge in [-0.15, -0.1) is 0 Å². The monoisotopic (exact) mass is 460 g/mol. The third kappa shape index (κ3) is 5.84. The molecule has 0 aromatic heterocycles. The number of rotatable bonds is 6. The normalized spacial score (nSPS) is 14.7. The summed E-state index contributed by atoms with van der Waals surface area (Å²) in [6, 6.07) is 12.3. The molecule has 2 aromatic carbocycles. The van der Waals surface area contributed by atoms with Crippen molar-refractivity contribution < 1.29 is 22.8 Å². The lowest BCUT2D eigenvalue weighted by atomic mass is 10.2. The Morgan fingerprint density at radius 1 is 0.875 bits per heavy atom. The molecule has 9 nitrogen and oxygen atoms in total. The van der Waals surface area contributed by atoms with E-state index < -0.39 is 10.0 Å². The number of hydrogen-bond acceptors (Lipinski definition) is 5. The third-order valence-corrected chi connectivity index (χ3v) is 6.99. The van der Waals surface area contributed by atoms with Crippen LogP contribution in [0.15, 0.2) is 53.4 Å². The highest BCUT2D eigenvalue weighted by Gasteiger charge is 2.21. The first-order valence-electron chi connectivity index (χ1n) is 10.4. The summed E-state index contributed by atoms with van der Waals surface area (Å²) in [4.78, 5) is 31.5. The van der Waals surface area contributed by atoms with Gasteiger partial charge in [0, 0.05) is 37.1 Å². The van der Waals surface area contributed by atoms with E-state index in [0.29, 0.717) is 16.9 Å². The Morgan fingerprint density at radius 2 is 1.41 bits per heavy atom. The minimum atomic E-state index is -3.77. The minimum Gasteiger partial charge on any atom is -0.325 e. The molecule has 1 saturated heterocycles. The molecule has 32 heavy (non-hydrogen) atoms. The highest BCUT2D eigenvalue weighted by atomic mass is 32.2. The van der Waals surface area contributed by atoms with E-state index in [-0.39, 0.29) is 16.8 Å². The zero-order valence-corrected chi connectivity index (χ0v) is 19.0. The van der Waals surface area contributed by atoms with Crippen molar-refractivity contribution in [3.05, 3.63) is 54.1 Å². The van der Waals surface area contributed by atoms with Crippen LogP contribution in [0.1, 0.15) is 36.0 Å². The average Bonchev–Trinajstić information content (AvgIpc) is 3.09. The van der Waals surface area contributed by atoms with Gasteiger partial charge in [-0.25, -0.2) is 13.2 Å². The summed E-state index contributed by atoms with van der Waals surface area (Å²) in [5.41, 5.74) is 1.51. The summed E-state index contributed by atoms with van der Waals surface area (Å²) in [5.74, 6) is -0.379. The van der Waals surface area contributed by atoms with Crippen molar-refractivity contribution in [1.82, 2.24) is 9.37 Å². The van der Waals surface area contributed by atoms with Crippen LogP contribution < -0.4 is 10.6 Å². The number of anilines is 2. The number of hydrogen-bond donors (Lipinski definition) is 2. The first-order chi connectivity index (χ1) is 15.3. The molecule has 3 rings (SSSR count). The molecule has 1 fully saturated rings. The van der Waals surface area contributed by atoms with E-state index in [4.69, 9.17) is 4.84 Å². The molecule has 3 amide bonds. The van der Waals surface area contributed by atoms with Gasteiger partial charge in [-0.05, 0) is 61.4 Å². The quantitative estimate of drug-likeness (QED) is 0.641. The Morgan fingerprint density at radius 3 is 1.94 bits per heavy atom. The molecule has 10 heteroatoms. The van der Waals surface area contributed by atoms with Crippen molar-refractivity contribution >= 4 is 33.3 Å². The van der Waals surface area contributed by atoms with E-state index in [1.54, 1.807) is 24.3 Å². The molecule has 0 spiro atoms. The molecule has 2 aromatic rings. The number of hydroxylamine groups is 1. The highest BCUT2D eigenvalue weighted by Crippen LogP contribution is 2.18. The van der Waals surface area contributed by atoms with Crippen LogP contribution in [0.2, 0.25) is 0 Å². The largest absolute Gasteiger partial charge is 0.325 e. The standard InChI is InChI=1S/C22H28N4O5S/c1-25(31-2)32(29,30)20-13-7-17(8-14-20)21(27)23-18-9-11-19(12-10-18)24-22(28)26-15-5-3-4-6-16-26/h7-14H,3-6,15-16H2,1-2H3,(H,23,27)(H,24,28). The van der Waals surface area contributed by atoms with Gasteiger partial charge in [-0.2, -0.15) is 0 Å². The maximum absolute atomic E-state index is 12.5. The van der Waals surface area contributed by atoms with Gasteiger partial charge in [-0.3, -0.25) is 9.63 Å². The molecule has 0 saturated carbocycles. The topological polar surface area (TPSA) is 108 Å². The number of amides is 3. The molecule has 0 aliphatic carbocycles. The second-order valence-electron chi connectivity index (χ2n) is 7.48. The van der Waals surface area contributed by atoms with Gasteiger partial charge in [0.1, 0.15) is 0 Å². The zero-order chi connectivity index (χ0) is 23.1. The third-order valence-electron chi connectivity index (χ3n) is 5.30. The molecule has 1 aliphatic rings. The van der Waals surface area contributed by atoms with Gasteiger partial charge in [-0.1, -0.05) is 17.3 Å². The van der Waals surface area contributed by atoms with E-state index in [1.165, 1.54) is 38.4 Å². The molecular formula is C22H28N4O5S. The molecule has 2 N–H and O–H groups in total. The van der Waals surface area contributed by atoms with Crippen molar-refractivity contribution in [3.63, 3.8) is 0 Å². The van der Waals surface area contributed by atoms with Crippen molar-refractivity contribution in [3.8, 4) is 0 Å². The lowest BCUT2D eigenvalue weighted by Gasteiger charge is -2.20. The fraction of sp³-hybridized carbons (Fsp3) is 0.364. The Labute approximate surface area is 188 Å². The number of benzene rings is 2. The van der Waals surface area contributed by atoms with E-state index in [1.807, 2.05) is 4.90 Å². The van der Waals surface area contributed by atoms with Crippen LogP contribution in [-0.4, -0.2) is 57.0 Å². The number of nitrogens with zero attached hydrogens (tertiary/aromatic N) is 2. The van der Waals surface area contributed by atoms with E-state index >= 15 is 0 Å². The smallest absolute Gasteiger partial charge is 0.321 e. The number of urea groups is 1. The zero-order valence-electron chi connectivity index (χ0n) is 18.2. The highest BCUT2D eigenvalue weighted by molar-refractivity contribution is 7.89. The Bertz CT molecular complexity index is 1030. The second-order valence-corrected chi connectivity index (χ2v) is 9.42. The van der Waals surface area contributed by atoms with Crippen LogP contribution in [0, 0.1) is 0 Å². The van der Waals surface area contributed by atoms with Crippen LogP contribution in [0.5, 0.6) is 0 Å². The molecule has 0 atom stereocenters. The Hall–Kier alpha value is -2.95. The summed E-state index contributed by atoms with van der Waals surface area (Å²) < 4.78 is 25.2. The van der Waals surface area contributed by atoms with Crippen LogP contribution >= 0.6 is 0 Å². The summed E-state index contributed by atoms with van der Waals surface area (Å²) in [6.45, 7) is 1.53. The molecular weight excluding hydrogens is 432 g/mol.